The zero-order valence-electron chi connectivity index (χ0n) is 10.2. The summed E-state index contributed by atoms with van der Waals surface area (Å²) >= 11 is 0. The molecule has 0 aliphatic rings. The third-order valence-electron chi connectivity index (χ3n) is 2.67. The number of carbonyl (C=O) groups excluding carboxylic acids is 1. The molecule has 0 saturated heterocycles. The van der Waals surface area contributed by atoms with Crippen LogP contribution in [0, 0.1) is 0 Å². The Morgan fingerprint density at radius 2 is 2.41 bits per heavy atom. The van der Waals surface area contributed by atoms with Crippen LogP contribution in [0.1, 0.15) is 26.0 Å². The van der Waals surface area contributed by atoms with E-state index >= 15 is 0 Å². The second-order valence-corrected chi connectivity index (χ2v) is 4.23. The average molecular weight is 241 g/mol. The molecule has 1 atom stereocenters. The molecule has 0 aromatic carbocycles. The van der Waals surface area contributed by atoms with Crippen LogP contribution in [0.2, 0.25) is 0 Å². The number of aliphatic hydroxyl groups is 1. The summed E-state index contributed by atoms with van der Waals surface area (Å²) in [5.41, 5.74) is 5.44. The zero-order chi connectivity index (χ0) is 12.9. The Kier molecular flexibility index (Phi) is 4.59. The quantitative estimate of drug-likeness (QED) is 0.593. The topological polar surface area (TPSA) is 106 Å². The van der Waals surface area contributed by atoms with Gasteiger partial charge in [-0.2, -0.15) is 0 Å². The largest absolute Gasteiger partial charge is 0.394 e. The highest BCUT2D eigenvalue weighted by molar-refractivity contribution is 5.76. The third-order valence-corrected chi connectivity index (χ3v) is 2.67. The van der Waals surface area contributed by atoms with Crippen molar-refractivity contribution in [2.75, 3.05) is 6.61 Å². The zero-order valence-corrected chi connectivity index (χ0v) is 10.2. The first-order valence-corrected chi connectivity index (χ1v) is 5.54. The van der Waals surface area contributed by atoms with Gasteiger partial charge in [0.15, 0.2) is 0 Å². The van der Waals surface area contributed by atoms with Crippen LogP contribution in [-0.2, 0) is 17.9 Å². The van der Waals surface area contributed by atoms with Crippen molar-refractivity contribution in [1.29, 1.82) is 0 Å². The molecule has 7 nitrogen and oxygen atoms in total. The highest BCUT2D eigenvalue weighted by Crippen LogP contribution is 2.07. The minimum atomic E-state index is -0.589. The number of hydrogen-bond donors (Lipinski definition) is 3. The molecule has 1 aromatic heterocycles. The van der Waals surface area contributed by atoms with Crippen molar-refractivity contribution in [3.8, 4) is 0 Å². The van der Waals surface area contributed by atoms with E-state index < -0.39 is 5.54 Å². The number of nitrogens with two attached hydrogens (primary N) is 1. The Balaban J connectivity index is 2.55. The predicted octanol–water partition coefficient (Wildman–Crippen LogP) is -0.986. The summed E-state index contributed by atoms with van der Waals surface area (Å²) in [6, 6.07) is 0. The minimum absolute atomic E-state index is 0.0720. The first kappa shape index (κ1) is 13.6. The van der Waals surface area contributed by atoms with Gasteiger partial charge >= 0.3 is 0 Å². The number of nitrogens with zero attached hydrogens (tertiary/aromatic N) is 3. The molecule has 0 radical (unpaired) electrons. The third kappa shape index (κ3) is 3.79. The number of nitrogens with one attached hydrogen (secondary N) is 1. The van der Waals surface area contributed by atoms with E-state index in [-0.39, 0.29) is 19.1 Å². The Morgan fingerprint density at radius 3 is 2.88 bits per heavy atom. The maximum atomic E-state index is 11.7. The lowest BCUT2D eigenvalue weighted by molar-refractivity contribution is -0.124. The van der Waals surface area contributed by atoms with Crippen LogP contribution in [0.25, 0.3) is 0 Å². The maximum Gasteiger partial charge on any atom is 0.242 e. The molecule has 0 bridgehead atoms. The van der Waals surface area contributed by atoms with Crippen molar-refractivity contribution in [3.05, 3.63) is 11.9 Å². The summed E-state index contributed by atoms with van der Waals surface area (Å²) in [6.45, 7) is 3.96. The van der Waals surface area contributed by atoms with Gasteiger partial charge in [0.2, 0.25) is 5.91 Å². The first-order valence-electron chi connectivity index (χ1n) is 5.54. The molecule has 17 heavy (non-hydrogen) atoms. The van der Waals surface area contributed by atoms with E-state index in [0.29, 0.717) is 18.7 Å². The summed E-state index contributed by atoms with van der Waals surface area (Å²) in [4.78, 5) is 11.7. The van der Waals surface area contributed by atoms with Gasteiger partial charge < -0.3 is 16.2 Å². The highest BCUT2D eigenvalue weighted by atomic mass is 16.3. The van der Waals surface area contributed by atoms with E-state index in [1.807, 2.05) is 6.92 Å². The van der Waals surface area contributed by atoms with Crippen molar-refractivity contribution in [2.24, 2.45) is 5.73 Å². The average Bonchev–Trinajstić information content (AvgIpc) is 2.76. The van der Waals surface area contributed by atoms with Gasteiger partial charge in [-0.05, 0) is 13.3 Å². The number of aromatic nitrogens is 3. The fourth-order valence-electron chi connectivity index (χ4n) is 1.27. The first-order chi connectivity index (χ1) is 8.03. The highest BCUT2D eigenvalue weighted by Gasteiger charge is 2.23. The smallest absolute Gasteiger partial charge is 0.242 e. The Hall–Kier alpha value is -1.47. The van der Waals surface area contributed by atoms with E-state index in [0.717, 1.165) is 0 Å². The second kappa shape index (κ2) is 5.74. The van der Waals surface area contributed by atoms with E-state index in [2.05, 4.69) is 15.6 Å². The van der Waals surface area contributed by atoms with Crippen LogP contribution in [0.4, 0.5) is 0 Å². The second-order valence-electron chi connectivity index (χ2n) is 4.23. The van der Waals surface area contributed by atoms with Gasteiger partial charge in [0.05, 0.1) is 24.0 Å². The van der Waals surface area contributed by atoms with E-state index in [1.165, 1.54) is 4.68 Å². The van der Waals surface area contributed by atoms with Gasteiger partial charge in [0.1, 0.15) is 6.54 Å². The lowest BCUT2D eigenvalue weighted by Crippen LogP contribution is -2.49. The Bertz CT molecular complexity index is 373. The molecule has 1 heterocycles. The number of amides is 1. The van der Waals surface area contributed by atoms with Crippen molar-refractivity contribution in [2.45, 2.75) is 38.9 Å². The van der Waals surface area contributed by atoms with Crippen LogP contribution in [-0.4, -0.2) is 38.2 Å². The van der Waals surface area contributed by atoms with Crippen LogP contribution in [0.5, 0.6) is 0 Å². The lowest BCUT2D eigenvalue weighted by atomic mass is 10.0. The maximum absolute atomic E-state index is 11.7. The Morgan fingerprint density at radius 1 is 1.71 bits per heavy atom. The van der Waals surface area contributed by atoms with Crippen LogP contribution < -0.4 is 11.1 Å². The van der Waals surface area contributed by atoms with Gasteiger partial charge in [-0.1, -0.05) is 12.1 Å². The molecule has 0 spiro atoms. The van der Waals surface area contributed by atoms with Crippen molar-refractivity contribution in [1.82, 2.24) is 20.3 Å². The summed E-state index contributed by atoms with van der Waals surface area (Å²) in [5.74, 6) is -0.211. The van der Waals surface area contributed by atoms with Crippen LogP contribution in [0.3, 0.4) is 0 Å². The number of rotatable bonds is 6. The monoisotopic (exact) mass is 241 g/mol. The summed E-state index contributed by atoms with van der Waals surface area (Å²) in [5, 5.41) is 19.5. The van der Waals surface area contributed by atoms with E-state index in [9.17, 15) is 9.90 Å². The molecule has 0 aliphatic heterocycles. The number of aliphatic hydroxyl groups excluding tert-OH is 1. The summed E-state index contributed by atoms with van der Waals surface area (Å²) < 4.78 is 1.42. The fraction of sp³-hybridized carbons (Fsp3) is 0.700. The molecule has 0 aliphatic carbocycles. The molecular formula is C10H19N5O2. The normalized spacial score (nSPS) is 14.4. The number of carbonyl (C=O) groups is 1. The molecule has 4 N–H and O–H groups in total. The lowest BCUT2D eigenvalue weighted by Gasteiger charge is -2.27. The number of hydrogen-bond acceptors (Lipinski definition) is 5. The SMILES string of the molecule is CCC(C)(CO)NC(=O)Cn1cc(CN)nn1. The van der Waals surface area contributed by atoms with Crippen molar-refractivity contribution < 1.29 is 9.90 Å². The molecule has 1 aromatic rings. The molecule has 7 heteroatoms. The van der Waals surface area contributed by atoms with E-state index in [4.69, 9.17) is 5.73 Å². The molecule has 1 rings (SSSR count). The van der Waals surface area contributed by atoms with Gasteiger partial charge in [0, 0.05) is 6.54 Å². The van der Waals surface area contributed by atoms with Crippen LogP contribution >= 0.6 is 0 Å². The molecular weight excluding hydrogens is 222 g/mol. The molecule has 0 fully saturated rings. The molecule has 1 amide bonds. The molecule has 0 saturated carbocycles. The van der Waals surface area contributed by atoms with Gasteiger partial charge in [-0.25, -0.2) is 4.68 Å². The Labute approximate surface area is 100.0 Å². The van der Waals surface area contributed by atoms with Gasteiger partial charge in [-0.3, -0.25) is 4.79 Å². The van der Waals surface area contributed by atoms with Gasteiger partial charge in [-0.15, -0.1) is 5.10 Å². The standard InChI is InChI=1S/C10H19N5O2/c1-3-10(2,7-16)12-9(17)6-15-5-8(4-11)13-14-15/h5,16H,3-4,6-7,11H2,1-2H3,(H,12,17). The fourth-order valence-corrected chi connectivity index (χ4v) is 1.27. The summed E-state index contributed by atoms with van der Waals surface area (Å²) in [7, 11) is 0. The van der Waals surface area contributed by atoms with Crippen LogP contribution in [0.15, 0.2) is 6.20 Å². The predicted molar refractivity (Wildman–Crippen MR) is 61.8 cm³/mol. The van der Waals surface area contributed by atoms with E-state index in [1.54, 1.807) is 13.1 Å². The van der Waals surface area contributed by atoms with Crippen molar-refractivity contribution >= 4 is 5.91 Å². The minimum Gasteiger partial charge on any atom is -0.394 e. The summed E-state index contributed by atoms with van der Waals surface area (Å²) in [6.07, 6.45) is 2.28. The molecule has 96 valence electrons. The molecule has 1 unspecified atom stereocenters. The van der Waals surface area contributed by atoms with Crippen molar-refractivity contribution in [3.63, 3.8) is 0 Å². The van der Waals surface area contributed by atoms with Gasteiger partial charge in [0.25, 0.3) is 0 Å².